The normalized spacial score (nSPS) is 37.6. The van der Waals surface area contributed by atoms with Crippen LogP contribution in [0.2, 0.25) is 0 Å². The number of aliphatic carboxylic acids is 1. The number of aliphatic hydroxyl groups excluding tert-OH is 9. The lowest BCUT2D eigenvalue weighted by atomic mass is 9.88. The van der Waals surface area contributed by atoms with Crippen LogP contribution < -0.4 is 15.4 Å². The van der Waals surface area contributed by atoms with Gasteiger partial charge in [0.1, 0.15) is 72.8 Å². The number of non-ortho nitro benzene ring substituents is 1. The number of carboxylic acids is 1. The number of nitro groups is 1. The van der Waals surface area contributed by atoms with E-state index >= 15 is 0 Å². The van der Waals surface area contributed by atoms with Gasteiger partial charge in [0.15, 0.2) is 6.29 Å². The molecule has 0 saturated carbocycles. The molecule has 0 aromatic heterocycles. The minimum Gasteiger partial charge on any atom is -0.477 e. The van der Waals surface area contributed by atoms with Crippen molar-refractivity contribution < 1.29 is 98.8 Å². The summed E-state index contributed by atoms with van der Waals surface area (Å²) in [5.41, 5.74) is -0.291. The highest BCUT2D eigenvalue weighted by molar-refractivity contribution is 5.76. The van der Waals surface area contributed by atoms with Crippen molar-refractivity contribution in [3.63, 3.8) is 0 Å². The van der Waals surface area contributed by atoms with Crippen LogP contribution in [-0.4, -0.2) is 191 Å². The minimum absolute atomic E-state index is 0.0343. The molecular formula is C31H45N3O21. The molecule has 12 N–H and O–H groups in total. The molecule has 16 atom stereocenters. The van der Waals surface area contributed by atoms with Crippen molar-refractivity contribution in [1.82, 2.24) is 10.6 Å². The molecule has 24 nitrogen and oxygen atoms in total. The largest absolute Gasteiger partial charge is 0.477 e. The highest BCUT2D eigenvalue weighted by atomic mass is 16.8. The van der Waals surface area contributed by atoms with Crippen LogP contribution in [0.1, 0.15) is 20.3 Å². The lowest BCUT2D eigenvalue weighted by Crippen LogP contribution is -2.71. The molecule has 24 heteroatoms. The van der Waals surface area contributed by atoms with E-state index in [0.717, 1.165) is 26.0 Å². The van der Waals surface area contributed by atoms with Crippen molar-refractivity contribution in [1.29, 1.82) is 0 Å². The quantitative estimate of drug-likeness (QED) is 0.0580. The highest BCUT2D eigenvalue weighted by Gasteiger charge is 2.60. The summed E-state index contributed by atoms with van der Waals surface area (Å²) in [4.78, 5) is 47.5. The number of aliphatic hydroxyl groups is 9. The topological polar surface area (TPSA) is 376 Å². The number of rotatable bonds is 15. The van der Waals surface area contributed by atoms with Crippen molar-refractivity contribution in [2.24, 2.45) is 0 Å². The Bertz CT molecular complexity index is 1490. The number of carbonyl (C=O) groups is 3. The van der Waals surface area contributed by atoms with E-state index < -0.39 is 147 Å². The molecule has 1 aromatic carbocycles. The van der Waals surface area contributed by atoms with Crippen LogP contribution in [-0.2, 0) is 38.1 Å². The second-order valence-corrected chi connectivity index (χ2v) is 13.1. The van der Waals surface area contributed by atoms with Crippen LogP contribution in [0.4, 0.5) is 5.69 Å². The maximum Gasteiger partial charge on any atom is 0.364 e. The molecular weight excluding hydrogens is 750 g/mol. The maximum atomic E-state index is 12.8. The third-order valence-corrected chi connectivity index (χ3v) is 9.15. The Kier molecular flexibility index (Phi) is 14.8. The van der Waals surface area contributed by atoms with E-state index in [1.165, 1.54) is 12.1 Å². The predicted octanol–water partition coefficient (Wildman–Crippen LogP) is -6.08. The molecule has 3 heterocycles. The van der Waals surface area contributed by atoms with Gasteiger partial charge < -0.3 is 90.1 Å². The fourth-order valence-electron chi connectivity index (χ4n) is 6.43. The van der Waals surface area contributed by atoms with E-state index in [0.29, 0.717) is 0 Å². The van der Waals surface area contributed by atoms with E-state index in [4.69, 9.17) is 28.4 Å². The Morgan fingerprint density at radius 3 is 1.95 bits per heavy atom. The van der Waals surface area contributed by atoms with Crippen LogP contribution in [0.5, 0.6) is 5.75 Å². The van der Waals surface area contributed by atoms with Crippen LogP contribution in [0.15, 0.2) is 24.3 Å². The van der Waals surface area contributed by atoms with Crippen LogP contribution in [0.25, 0.3) is 0 Å². The summed E-state index contributed by atoms with van der Waals surface area (Å²) in [6, 6.07) is 1.48. The van der Waals surface area contributed by atoms with E-state index in [1.54, 1.807) is 0 Å². The zero-order valence-electron chi connectivity index (χ0n) is 29.2. The van der Waals surface area contributed by atoms with Gasteiger partial charge in [-0.15, -0.1) is 0 Å². The zero-order chi connectivity index (χ0) is 40.9. The van der Waals surface area contributed by atoms with Gasteiger partial charge in [-0.05, 0) is 12.1 Å². The number of nitrogens with one attached hydrogen (secondary N) is 2. The molecule has 1 aromatic rings. The second-order valence-electron chi connectivity index (χ2n) is 13.1. The fraction of sp³-hybridized carbons (Fsp3) is 0.710. The summed E-state index contributed by atoms with van der Waals surface area (Å²) >= 11 is 0. The predicted molar refractivity (Wildman–Crippen MR) is 173 cm³/mol. The third-order valence-electron chi connectivity index (χ3n) is 9.15. The Labute approximate surface area is 310 Å². The van der Waals surface area contributed by atoms with Crippen molar-refractivity contribution in [2.45, 2.75) is 118 Å². The molecule has 0 radical (unpaired) electrons. The Balaban J connectivity index is 1.68. The average molecular weight is 796 g/mol. The number of nitro benzene ring substituents is 1. The summed E-state index contributed by atoms with van der Waals surface area (Å²) in [5, 5.41) is 121. The molecule has 0 unspecified atom stereocenters. The van der Waals surface area contributed by atoms with Crippen molar-refractivity contribution in [2.75, 3.05) is 19.8 Å². The first kappa shape index (κ1) is 44.0. The highest BCUT2D eigenvalue weighted by Crippen LogP contribution is 2.38. The molecule has 3 aliphatic rings. The van der Waals surface area contributed by atoms with Gasteiger partial charge >= 0.3 is 5.97 Å². The van der Waals surface area contributed by atoms with Gasteiger partial charge in [-0.1, -0.05) is 0 Å². The number of carbonyl (C=O) groups excluding carboxylic acids is 2. The minimum atomic E-state index is -3.09. The SMILES string of the molecule is CC(=O)N[C@@H]1[C@H](Oc2ccc([N+](=O)[O-])cc2)O[C@@H](CO)[C@@H](O)[C@@H]1O[C@@H]1O[C@@H](CO)[C@H](O)[C@H](O[C@]2(C(=O)O)C[C@@H](O)[C@@H](NC(C)=O)[C@H]([C@H](O)[C@H](O)CO)O2)[C@@H]1O. The van der Waals surface area contributed by atoms with Gasteiger partial charge in [0.2, 0.25) is 18.1 Å². The van der Waals surface area contributed by atoms with Gasteiger partial charge in [-0.3, -0.25) is 19.7 Å². The lowest BCUT2D eigenvalue weighted by Gasteiger charge is -2.51. The number of ether oxygens (including phenoxy) is 6. The van der Waals surface area contributed by atoms with E-state index in [2.05, 4.69) is 10.6 Å². The number of hydrogen-bond acceptors (Lipinski definition) is 20. The van der Waals surface area contributed by atoms with Crippen molar-refractivity contribution in [3.05, 3.63) is 34.4 Å². The average Bonchev–Trinajstić information content (AvgIpc) is 3.13. The molecule has 3 saturated heterocycles. The Hall–Kier alpha value is -3.73. The molecule has 55 heavy (non-hydrogen) atoms. The molecule has 4 rings (SSSR count). The number of amides is 2. The first-order valence-corrected chi connectivity index (χ1v) is 16.8. The molecule has 0 aliphatic carbocycles. The zero-order valence-corrected chi connectivity index (χ0v) is 29.2. The second kappa shape index (κ2) is 18.5. The fourth-order valence-corrected chi connectivity index (χ4v) is 6.43. The Morgan fingerprint density at radius 2 is 1.44 bits per heavy atom. The summed E-state index contributed by atoms with van der Waals surface area (Å²) < 4.78 is 34.2. The first-order chi connectivity index (χ1) is 25.9. The van der Waals surface area contributed by atoms with Crippen molar-refractivity contribution >= 4 is 23.5 Å². The number of carboxylic acid groups (broad SMARTS) is 1. The molecule has 3 aliphatic heterocycles. The lowest BCUT2D eigenvalue weighted by molar-refractivity contribution is -0.384. The monoisotopic (exact) mass is 795 g/mol. The van der Waals surface area contributed by atoms with Crippen LogP contribution >= 0.6 is 0 Å². The number of nitrogens with zero attached hydrogens (tertiary/aromatic N) is 1. The molecule has 310 valence electrons. The van der Waals surface area contributed by atoms with Gasteiger partial charge in [-0.2, -0.15) is 0 Å². The third kappa shape index (κ3) is 9.81. The molecule has 3 fully saturated rings. The van der Waals surface area contributed by atoms with Crippen molar-refractivity contribution in [3.8, 4) is 5.75 Å². The Morgan fingerprint density at radius 1 is 0.891 bits per heavy atom. The van der Waals surface area contributed by atoms with Crippen LogP contribution in [0.3, 0.4) is 0 Å². The number of benzene rings is 1. The summed E-state index contributed by atoms with van der Waals surface area (Å²) in [7, 11) is 0. The standard InChI is InChI=1S/C31H45N3O21/c1-11(38)32-19-15(40)7-31(30(46)47,54-26(19)21(42)16(41)8-35)55-27-23(44)18(10-37)52-29(24(27)45)53-25-20(33-12(2)39)28(51-17(9-36)22(25)43)50-14-5-3-13(4-6-14)34(48)49/h3-6,15-29,35-37,40-45H,7-10H2,1-2H3,(H,32,38)(H,33,39)(H,46,47)/t15-,16-,17+,18+,19-,20+,21-,22-,23+,24+,25-,26-,27+,28-,29+,31+/m1/s1. The molecule has 0 bridgehead atoms. The van der Waals surface area contributed by atoms with Gasteiger partial charge in [0.25, 0.3) is 11.5 Å². The maximum absolute atomic E-state index is 12.8. The summed E-state index contributed by atoms with van der Waals surface area (Å²) in [5.74, 6) is -6.64. The van der Waals surface area contributed by atoms with Gasteiger partial charge in [0.05, 0.1) is 36.9 Å². The summed E-state index contributed by atoms with van der Waals surface area (Å²) in [6.07, 6.45) is -26.2. The van der Waals surface area contributed by atoms with Gasteiger partial charge in [-0.25, -0.2) is 4.79 Å². The first-order valence-electron chi connectivity index (χ1n) is 16.8. The van der Waals surface area contributed by atoms with E-state index in [9.17, 15) is 75.6 Å². The van der Waals surface area contributed by atoms with Crippen LogP contribution in [0, 0.1) is 10.1 Å². The van der Waals surface area contributed by atoms with Gasteiger partial charge in [0, 0.05) is 32.4 Å². The smallest absolute Gasteiger partial charge is 0.364 e. The molecule has 2 amide bonds. The van der Waals surface area contributed by atoms with E-state index in [-0.39, 0.29) is 11.4 Å². The number of hydrogen-bond donors (Lipinski definition) is 12. The van der Waals surface area contributed by atoms with E-state index in [1.807, 2.05) is 0 Å². The summed E-state index contributed by atoms with van der Waals surface area (Å²) in [6.45, 7) is -0.875. The molecule has 0 spiro atoms.